The van der Waals surface area contributed by atoms with Crippen molar-refractivity contribution in [1.29, 1.82) is 0 Å². The molecule has 0 heterocycles. The molecule has 1 aromatic carbocycles. The summed E-state index contributed by atoms with van der Waals surface area (Å²) in [5, 5.41) is 2.95. The second-order valence-electron chi connectivity index (χ2n) is 2.87. The molecule has 0 aliphatic carbocycles. The maximum Gasteiger partial charge on any atom is 0.261 e. The maximum absolute atomic E-state index is 10.9. The molecule has 0 aromatic heterocycles. The molecule has 0 bridgehead atoms. The molecule has 0 amide bonds. The molecule has 14 heavy (non-hydrogen) atoms. The summed E-state index contributed by atoms with van der Waals surface area (Å²) in [4.78, 5) is 0.0893. The normalized spacial score (nSPS) is 11.0. The number of halogens is 1. The molecule has 0 unspecified atom stereocenters. The summed E-state index contributed by atoms with van der Waals surface area (Å²) in [6, 6.07) is 6.13. The van der Waals surface area contributed by atoms with Gasteiger partial charge in [-0.15, -0.1) is 0 Å². The Bertz CT molecular complexity index is 436. The van der Waals surface area contributed by atoms with Gasteiger partial charge in [-0.3, -0.25) is 0 Å². The molecule has 0 saturated heterocycles. The summed E-state index contributed by atoms with van der Waals surface area (Å²) < 4.78 is 21.8. The SMILES string of the molecule is C=C(C)Nc1ccc(S(=O)(=O)Cl)cc1. The fourth-order valence-corrected chi connectivity index (χ4v) is 1.72. The van der Waals surface area contributed by atoms with Crippen molar-refractivity contribution in [2.24, 2.45) is 0 Å². The first-order valence-corrected chi connectivity index (χ1v) is 6.18. The van der Waals surface area contributed by atoms with Crippen molar-refractivity contribution < 1.29 is 8.42 Å². The van der Waals surface area contributed by atoms with Gasteiger partial charge in [0.15, 0.2) is 0 Å². The van der Waals surface area contributed by atoms with Crippen molar-refractivity contribution in [3.8, 4) is 0 Å². The van der Waals surface area contributed by atoms with Gasteiger partial charge in [0.05, 0.1) is 4.90 Å². The highest BCUT2D eigenvalue weighted by atomic mass is 35.7. The van der Waals surface area contributed by atoms with Gasteiger partial charge in [-0.2, -0.15) is 0 Å². The van der Waals surface area contributed by atoms with E-state index in [-0.39, 0.29) is 4.90 Å². The van der Waals surface area contributed by atoms with E-state index in [4.69, 9.17) is 10.7 Å². The first-order valence-electron chi connectivity index (χ1n) is 3.87. The third-order valence-electron chi connectivity index (χ3n) is 1.49. The minimum absolute atomic E-state index is 0.0893. The van der Waals surface area contributed by atoms with Crippen molar-refractivity contribution in [3.05, 3.63) is 36.5 Å². The van der Waals surface area contributed by atoms with Crippen LogP contribution in [0.5, 0.6) is 0 Å². The molecule has 0 spiro atoms. The monoisotopic (exact) mass is 231 g/mol. The lowest BCUT2D eigenvalue weighted by atomic mass is 10.3. The van der Waals surface area contributed by atoms with Gasteiger partial charge in [0, 0.05) is 22.1 Å². The Hall–Kier alpha value is -1.00. The van der Waals surface area contributed by atoms with Crippen molar-refractivity contribution >= 4 is 25.4 Å². The van der Waals surface area contributed by atoms with E-state index in [1.807, 2.05) is 6.92 Å². The van der Waals surface area contributed by atoms with Crippen molar-refractivity contribution in [2.75, 3.05) is 5.32 Å². The van der Waals surface area contributed by atoms with Crippen LogP contribution in [0, 0.1) is 0 Å². The van der Waals surface area contributed by atoms with Crippen LogP contribution in [-0.4, -0.2) is 8.42 Å². The lowest BCUT2D eigenvalue weighted by Gasteiger charge is -2.04. The smallest absolute Gasteiger partial charge is 0.261 e. The van der Waals surface area contributed by atoms with Gasteiger partial charge in [0.25, 0.3) is 9.05 Å². The van der Waals surface area contributed by atoms with Crippen molar-refractivity contribution in [3.63, 3.8) is 0 Å². The maximum atomic E-state index is 10.9. The summed E-state index contributed by atoms with van der Waals surface area (Å²) >= 11 is 0. The Morgan fingerprint density at radius 2 is 1.86 bits per heavy atom. The molecule has 1 rings (SSSR count). The molecular weight excluding hydrogens is 222 g/mol. The Kier molecular flexibility index (Phi) is 3.18. The highest BCUT2D eigenvalue weighted by Crippen LogP contribution is 2.18. The Morgan fingerprint density at radius 1 is 1.36 bits per heavy atom. The van der Waals surface area contributed by atoms with E-state index in [9.17, 15) is 8.42 Å². The summed E-state index contributed by atoms with van der Waals surface area (Å²) in [5.74, 6) is 0. The van der Waals surface area contributed by atoms with Crippen LogP contribution in [0.3, 0.4) is 0 Å². The average Bonchev–Trinajstić information content (AvgIpc) is 2.02. The lowest BCUT2D eigenvalue weighted by molar-refractivity contribution is 0.609. The van der Waals surface area contributed by atoms with Crippen LogP contribution in [-0.2, 0) is 9.05 Å². The molecule has 1 aromatic rings. The molecule has 5 heteroatoms. The van der Waals surface area contributed by atoms with Crippen molar-refractivity contribution in [1.82, 2.24) is 0 Å². The minimum atomic E-state index is -3.63. The average molecular weight is 232 g/mol. The van der Waals surface area contributed by atoms with Gasteiger partial charge in [0.2, 0.25) is 0 Å². The first-order chi connectivity index (χ1) is 6.39. The Labute approximate surface area is 87.8 Å². The van der Waals surface area contributed by atoms with Crippen LogP contribution in [0.1, 0.15) is 6.92 Å². The molecule has 76 valence electrons. The number of hydrogen-bond donors (Lipinski definition) is 1. The largest absolute Gasteiger partial charge is 0.360 e. The Balaban J connectivity index is 2.95. The quantitative estimate of drug-likeness (QED) is 0.814. The van der Waals surface area contributed by atoms with Gasteiger partial charge >= 0.3 is 0 Å². The number of hydrogen-bond acceptors (Lipinski definition) is 3. The van der Waals surface area contributed by atoms with Gasteiger partial charge < -0.3 is 5.32 Å². The summed E-state index contributed by atoms with van der Waals surface area (Å²) in [7, 11) is 1.52. The highest BCUT2D eigenvalue weighted by Gasteiger charge is 2.08. The summed E-state index contributed by atoms with van der Waals surface area (Å²) in [6.07, 6.45) is 0. The van der Waals surface area contributed by atoms with Gasteiger partial charge in [0.1, 0.15) is 0 Å². The van der Waals surface area contributed by atoms with Crippen molar-refractivity contribution in [2.45, 2.75) is 11.8 Å². The van der Waals surface area contributed by atoms with E-state index in [1.165, 1.54) is 12.1 Å². The lowest BCUT2D eigenvalue weighted by Crippen LogP contribution is -1.95. The van der Waals surface area contributed by atoms with Crippen LogP contribution in [0.15, 0.2) is 41.4 Å². The highest BCUT2D eigenvalue weighted by molar-refractivity contribution is 8.13. The van der Waals surface area contributed by atoms with E-state index in [2.05, 4.69) is 11.9 Å². The second-order valence-corrected chi connectivity index (χ2v) is 5.43. The first kappa shape index (κ1) is 11.1. The standard InChI is InChI=1S/C9H10ClNO2S/c1-7(2)11-8-3-5-9(6-4-8)14(10,12)13/h3-6,11H,1H2,2H3. The van der Waals surface area contributed by atoms with Crippen LogP contribution in [0.2, 0.25) is 0 Å². The number of nitrogens with one attached hydrogen (secondary N) is 1. The van der Waals surface area contributed by atoms with Crippen LogP contribution >= 0.6 is 10.7 Å². The predicted octanol–water partition coefficient (Wildman–Crippen LogP) is 2.56. The number of rotatable bonds is 3. The number of allylic oxidation sites excluding steroid dienone is 1. The predicted molar refractivity (Wildman–Crippen MR) is 57.9 cm³/mol. The fraction of sp³-hybridized carbons (Fsp3) is 0.111. The molecule has 0 atom stereocenters. The zero-order valence-corrected chi connectivity index (χ0v) is 9.19. The van der Waals surface area contributed by atoms with E-state index < -0.39 is 9.05 Å². The van der Waals surface area contributed by atoms with E-state index in [0.717, 1.165) is 11.4 Å². The Morgan fingerprint density at radius 3 is 2.21 bits per heavy atom. The van der Waals surface area contributed by atoms with Crippen LogP contribution < -0.4 is 5.32 Å². The number of benzene rings is 1. The molecule has 1 N–H and O–H groups in total. The molecular formula is C9H10ClNO2S. The minimum Gasteiger partial charge on any atom is -0.360 e. The molecule has 0 fully saturated rings. The molecule has 0 aliphatic heterocycles. The number of anilines is 1. The van der Waals surface area contributed by atoms with Gasteiger partial charge in [-0.25, -0.2) is 8.42 Å². The summed E-state index contributed by atoms with van der Waals surface area (Å²) in [6.45, 7) is 5.48. The van der Waals surface area contributed by atoms with Crippen LogP contribution in [0.4, 0.5) is 5.69 Å². The van der Waals surface area contributed by atoms with Gasteiger partial charge in [-0.1, -0.05) is 6.58 Å². The van der Waals surface area contributed by atoms with E-state index in [1.54, 1.807) is 12.1 Å². The fourth-order valence-electron chi connectivity index (χ4n) is 0.947. The zero-order valence-electron chi connectivity index (χ0n) is 7.62. The van der Waals surface area contributed by atoms with Gasteiger partial charge in [-0.05, 0) is 31.2 Å². The van der Waals surface area contributed by atoms with Crippen LogP contribution in [0.25, 0.3) is 0 Å². The molecule has 0 saturated carbocycles. The molecule has 3 nitrogen and oxygen atoms in total. The third kappa shape index (κ3) is 3.05. The summed E-state index contributed by atoms with van der Waals surface area (Å²) in [5.41, 5.74) is 1.56. The molecule has 0 aliphatic rings. The van der Waals surface area contributed by atoms with E-state index in [0.29, 0.717) is 0 Å². The molecule has 0 radical (unpaired) electrons. The zero-order chi connectivity index (χ0) is 10.8. The second kappa shape index (κ2) is 4.02. The van der Waals surface area contributed by atoms with E-state index >= 15 is 0 Å². The topological polar surface area (TPSA) is 46.2 Å². The third-order valence-corrected chi connectivity index (χ3v) is 2.86.